The highest BCUT2D eigenvalue weighted by Crippen LogP contribution is 1.84. The van der Waals surface area contributed by atoms with E-state index in [0.717, 1.165) is 0 Å². The van der Waals surface area contributed by atoms with Crippen LogP contribution in [0.25, 0.3) is 0 Å². The molecule has 0 aromatic carbocycles. The molecule has 9 heavy (non-hydrogen) atoms. The van der Waals surface area contributed by atoms with Gasteiger partial charge >= 0.3 is 0 Å². The summed E-state index contributed by atoms with van der Waals surface area (Å²) in [7, 11) is 0. The number of carbonyl (C=O) groups excluding carboxylic acids is 2. The van der Waals surface area contributed by atoms with E-state index < -0.39 is 12.4 Å². The van der Waals surface area contributed by atoms with E-state index in [4.69, 9.17) is 5.26 Å². The molecule has 52 valence electrons. The molecule has 0 spiro atoms. The molecule has 1 N–H and O–H groups in total. The largest absolute Gasteiger partial charge is 0.300 e. The van der Waals surface area contributed by atoms with Gasteiger partial charge in [-0.05, 0) is 6.92 Å². The highest BCUT2D eigenvalue weighted by Gasteiger charge is 2.03. The third kappa shape index (κ3) is 5.13. The number of rotatable bonds is 4. The molecule has 0 saturated carbocycles. The van der Waals surface area contributed by atoms with Crippen molar-refractivity contribution < 1.29 is 19.7 Å². The minimum Gasteiger partial charge on any atom is -0.300 e. The van der Waals surface area contributed by atoms with Crippen molar-refractivity contribution in [2.75, 3.05) is 6.61 Å². The van der Waals surface area contributed by atoms with Crippen LogP contribution in [-0.2, 0) is 14.5 Å². The van der Waals surface area contributed by atoms with E-state index >= 15 is 0 Å². The van der Waals surface area contributed by atoms with E-state index in [1.54, 1.807) is 0 Å². The van der Waals surface area contributed by atoms with Crippen LogP contribution in [0.2, 0.25) is 0 Å². The van der Waals surface area contributed by atoms with Crippen molar-refractivity contribution in [2.24, 2.45) is 0 Å². The van der Waals surface area contributed by atoms with Crippen LogP contribution in [0.1, 0.15) is 13.3 Å². The fourth-order valence-corrected chi connectivity index (χ4v) is 0.401. The molecule has 0 heterocycles. The van der Waals surface area contributed by atoms with Crippen LogP contribution >= 0.6 is 0 Å². The Hall–Kier alpha value is -0.740. The molecule has 0 atom stereocenters. The number of Topliss-reactive ketones (excluding diaryl/α,β-unsaturated/α-hetero) is 2. The Morgan fingerprint density at radius 3 is 2.44 bits per heavy atom. The monoisotopic (exact) mass is 132 g/mol. The van der Waals surface area contributed by atoms with Gasteiger partial charge in [0.2, 0.25) is 0 Å². The second kappa shape index (κ2) is 4.17. The van der Waals surface area contributed by atoms with Crippen molar-refractivity contribution in [2.45, 2.75) is 13.3 Å². The van der Waals surface area contributed by atoms with Crippen molar-refractivity contribution in [3.05, 3.63) is 0 Å². The average molecular weight is 132 g/mol. The normalized spacial score (nSPS) is 9.11. The molecule has 0 bridgehead atoms. The van der Waals surface area contributed by atoms with Crippen molar-refractivity contribution >= 4 is 11.6 Å². The highest BCUT2D eigenvalue weighted by atomic mass is 17.1. The molecule has 0 aromatic rings. The van der Waals surface area contributed by atoms with Gasteiger partial charge in [0.15, 0.2) is 5.78 Å². The maximum atomic E-state index is 10.3. The Kier molecular flexibility index (Phi) is 3.83. The Morgan fingerprint density at radius 2 is 2.11 bits per heavy atom. The standard InChI is InChI=1S/C5H8O4/c1-4(6)2-5(7)3-9-8/h8H,2-3H2,1H3. The summed E-state index contributed by atoms with van der Waals surface area (Å²) < 4.78 is 0. The van der Waals surface area contributed by atoms with E-state index in [2.05, 4.69) is 4.89 Å². The van der Waals surface area contributed by atoms with Crippen molar-refractivity contribution in [1.82, 2.24) is 0 Å². The van der Waals surface area contributed by atoms with Crippen LogP contribution in [0, 0.1) is 0 Å². The van der Waals surface area contributed by atoms with Gasteiger partial charge in [-0.25, -0.2) is 4.89 Å². The molecular formula is C5H8O4. The summed E-state index contributed by atoms with van der Waals surface area (Å²) in [6.07, 6.45) is -0.166. The first-order valence-corrected chi connectivity index (χ1v) is 2.44. The van der Waals surface area contributed by atoms with E-state index in [9.17, 15) is 9.59 Å². The number of ketones is 2. The lowest BCUT2D eigenvalue weighted by Gasteiger charge is -1.91. The fourth-order valence-electron chi connectivity index (χ4n) is 0.401. The van der Waals surface area contributed by atoms with E-state index in [1.807, 2.05) is 0 Å². The molecule has 0 fully saturated rings. The first kappa shape index (κ1) is 8.26. The Bertz CT molecular complexity index is 118. The summed E-state index contributed by atoms with van der Waals surface area (Å²) in [6, 6.07) is 0. The lowest BCUT2D eigenvalue weighted by Crippen LogP contribution is -2.10. The van der Waals surface area contributed by atoms with Crippen LogP contribution in [0.4, 0.5) is 0 Å². The van der Waals surface area contributed by atoms with E-state index in [1.165, 1.54) is 6.92 Å². The van der Waals surface area contributed by atoms with Gasteiger partial charge in [-0.1, -0.05) is 0 Å². The van der Waals surface area contributed by atoms with E-state index in [-0.39, 0.29) is 12.2 Å². The van der Waals surface area contributed by atoms with Crippen LogP contribution in [0.15, 0.2) is 0 Å². The summed E-state index contributed by atoms with van der Waals surface area (Å²) in [4.78, 5) is 24.0. The fraction of sp³-hybridized carbons (Fsp3) is 0.600. The van der Waals surface area contributed by atoms with Crippen LogP contribution < -0.4 is 0 Å². The van der Waals surface area contributed by atoms with Crippen LogP contribution in [0.3, 0.4) is 0 Å². The second-order valence-electron chi connectivity index (χ2n) is 1.69. The van der Waals surface area contributed by atoms with Crippen LogP contribution in [0.5, 0.6) is 0 Å². The number of carbonyl (C=O) groups is 2. The zero-order valence-corrected chi connectivity index (χ0v) is 5.09. The van der Waals surface area contributed by atoms with Gasteiger partial charge < -0.3 is 0 Å². The van der Waals surface area contributed by atoms with Gasteiger partial charge in [0, 0.05) is 0 Å². The molecule has 0 radical (unpaired) electrons. The average Bonchev–Trinajstić information content (AvgIpc) is 1.63. The second-order valence-corrected chi connectivity index (χ2v) is 1.69. The quantitative estimate of drug-likeness (QED) is 0.333. The molecular weight excluding hydrogens is 124 g/mol. The summed E-state index contributed by atoms with van der Waals surface area (Å²) in [6.45, 7) is 0.898. The Morgan fingerprint density at radius 1 is 1.56 bits per heavy atom. The molecule has 0 amide bonds. The molecule has 0 aliphatic rings. The number of hydrogen-bond acceptors (Lipinski definition) is 4. The topological polar surface area (TPSA) is 63.6 Å². The summed E-state index contributed by atoms with van der Waals surface area (Å²) in [5.41, 5.74) is 0. The zero-order valence-electron chi connectivity index (χ0n) is 5.09. The van der Waals surface area contributed by atoms with Gasteiger partial charge in [0.05, 0.1) is 6.42 Å². The summed E-state index contributed by atoms with van der Waals surface area (Å²) in [5.74, 6) is -0.637. The molecule has 0 rings (SSSR count). The van der Waals surface area contributed by atoms with Crippen molar-refractivity contribution in [3.8, 4) is 0 Å². The van der Waals surface area contributed by atoms with Crippen molar-refractivity contribution in [3.63, 3.8) is 0 Å². The predicted octanol–water partition coefficient (Wildman–Crippen LogP) is 0.0242. The van der Waals surface area contributed by atoms with Gasteiger partial charge in [0.25, 0.3) is 0 Å². The Balaban J connectivity index is 3.39. The maximum absolute atomic E-state index is 10.3. The predicted molar refractivity (Wildman–Crippen MR) is 28.9 cm³/mol. The molecule has 0 unspecified atom stereocenters. The van der Waals surface area contributed by atoms with Gasteiger partial charge in [-0.15, -0.1) is 0 Å². The maximum Gasteiger partial charge on any atom is 0.169 e. The first-order valence-electron chi connectivity index (χ1n) is 2.44. The van der Waals surface area contributed by atoms with Gasteiger partial charge in [-0.2, -0.15) is 0 Å². The molecule has 4 nitrogen and oxygen atoms in total. The molecule has 0 aliphatic carbocycles. The van der Waals surface area contributed by atoms with Crippen LogP contribution in [-0.4, -0.2) is 23.4 Å². The molecule has 0 aromatic heterocycles. The molecule has 4 heteroatoms. The highest BCUT2D eigenvalue weighted by molar-refractivity contribution is 5.98. The lowest BCUT2D eigenvalue weighted by atomic mass is 10.2. The smallest absolute Gasteiger partial charge is 0.169 e. The minimum atomic E-state index is -0.412. The molecule has 0 saturated heterocycles. The number of hydrogen-bond donors (Lipinski definition) is 1. The van der Waals surface area contributed by atoms with Gasteiger partial charge in [-0.3, -0.25) is 14.8 Å². The first-order chi connectivity index (χ1) is 4.16. The SMILES string of the molecule is CC(=O)CC(=O)COO. The minimum absolute atomic E-state index is 0.166. The zero-order chi connectivity index (χ0) is 7.28. The van der Waals surface area contributed by atoms with Gasteiger partial charge in [0.1, 0.15) is 12.4 Å². The van der Waals surface area contributed by atoms with Crippen molar-refractivity contribution in [1.29, 1.82) is 0 Å². The molecule has 0 aliphatic heterocycles. The summed E-state index contributed by atoms with van der Waals surface area (Å²) in [5, 5.41) is 7.72. The summed E-state index contributed by atoms with van der Waals surface area (Å²) >= 11 is 0. The third-order valence-corrected chi connectivity index (χ3v) is 0.672. The lowest BCUT2D eigenvalue weighted by molar-refractivity contribution is -0.237. The third-order valence-electron chi connectivity index (χ3n) is 0.672. The Labute approximate surface area is 52.4 Å². The van der Waals surface area contributed by atoms with E-state index in [0.29, 0.717) is 0 Å².